The number of piperidine rings is 2. The first-order valence-electron chi connectivity index (χ1n) is 9.69. The highest BCUT2D eigenvalue weighted by molar-refractivity contribution is 6.67. The summed E-state index contributed by atoms with van der Waals surface area (Å²) in [5.74, 6) is 1.86. The lowest BCUT2D eigenvalue weighted by atomic mass is 9.95. The lowest BCUT2D eigenvalue weighted by Crippen LogP contribution is -2.60. The van der Waals surface area contributed by atoms with Crippen molar-refractivity contribution >= 4 is 8.56 Å². The fourth-order valence-corrected chi connectivity index (χ4v) is 6.96. The fraction of sp³-hybridized carbons (Fsp3) is 1.00. The molecule has 0 atom stereocenters. The second kappa shape index (κ2) is 9.52. The highest BCUT2D eigenvalue weighted by Crippen LogP contribution is 2.24. The highest BCUT2D eigenvalue weighted by Gasteiger charge is 2.41. The molecule has 0 radical (unpaired) electrons. The lowest BCUT2D eigenvalue weighted by Gasteiger charge is -2.41. The van der Waals surface area contributed by atoms with Crippen LogP contribution in [0.1, 0.15) is 52.4 Å². The third kappa shape index (κ3) is 5.53. The summed E-state index contributed by atoms with van der Waals surface area (Å²) in [6.07, 6.45) is 10.1. The molecule has 4 nitrogen and oxygen atoms in total. The molecule has 0 aromatic carbocycles. The van der Waals surface area contributed by atoms with Crippen LogP contribution >= 0.6 is 0 Å². The zero-order valence-corrected chi connectivity index (χ0v) is 16.9. The minimum Gasteiger partial charge on any atom is -0.396 e. The molecule has 0 bridgehead atoms. The van der Waals surface area contributed by atoms with Gasteiger partial charge in [-0.1, -0.05) is 26.7 Å². The molecule has 0 aromatic heterocycles. The van der Waals surface area contributed by atoms with Gasteiger partial charge in [-0.15, -0.1) is 0 Å². The smallest absolute Gasteiger partial charge is 0.366 e. The molecule has 136 valence electrons. The minimum absolute atomic E-state index is 0.931. The largest absolute Gasteiger partial charge is 0.396 e. The quantitative estimate of drug-likeness (QED) is 0.633. The van der Waals surface area contributed by atoms with E-state index in [0.29, 0.717) is 0 Å². The Hall–Kier alpha value is 0.0569. The van der Waals surface area contributed by atoms with E-state index in [2.05, 4.69) is 23.6 Å². The standard InChI is InChI=1S/C18H38N2O2Si/c1-5-17-7-11-19(12-8-17)15-23(21-3,22-4)16-20-13-9-18(6-2)10-14-20/h17-18H,5-16H2,1-4H3. The van der Waals surface area contributed by atoms with E-state index < -0.39 is 8.56 Å². The van der Waals surface area contributed by atoms with Gasteiger partial charge in [-0.2, -0.15) is 0 Å². The predicted octanol–water partition coefficient (Wildman–Crippen LogP) is 3.04. The van der Waals surface area contributed by atoms with Crippen LogP contribution in [0.5, 0.6) is 0 Å². The molecular weight excluding hydrogens is 304 g/mol. The molecule has 0 N–H and O–H groups in total. The van der Waals surface area contributed by atoms with Crippen molar-refractivity contribution in [3.63, 3.8) is 0 Å². The van der Waals surface area contributed by atoms with E-state index in [-0.39, 0.29) is 0 Å². The number of nitrogens with zero attached hydrogens (tertiary/aromatic N) is 2. The summed E-state index contributed by atoms with van der Waals surface area (Å²) in [5.41, 5.74) is 0. The summed E-state index contributed by atoms with van der Waals surface area (Å²) in [7, 11) is 1.61. The van der Waals surface area contributed by atoms with Crippen LogP contribution in [0.15, 0.2) is 0 Å². The van der Waals surface area contributed by atoms with Crippen molar-refractivity contribution < 1.29 is 8.85 Å². The molecule has 2 rings (SSSR count). The molecule has 23 heavy (non-hydrogen) atoms. The van der Waals surface area contributed by atoms with Crippen molar-refractivity contribution in [2.45, 2.75) is 52.4 Å². The van der Waals surface area contributed by atoms with Crippen molar-refractivity contribution in [3.8, 4) is 0 Å². The number of hydrogen-bond donors (Lipinski definition) is 0. The van der Waals surface area contributed by atoms with Crippen LogP contribution in [0.25, 0.3) is 0 Å². The van der Waals surface area contributed by atoms with E-state index in [4.69, 9.17) is 8.85 Å². The SMILES string of the molecule is CCC1CCN(C[Si](CN2CCC(CC)CC2)(OC)OC)CC1. The Balaban J connectivity index is 1.86. The Morgan fingerprint density at radius 1 is 0.739 bits per heavy atom. The molecular formula is C18H38N2O2Si. The van der Waals surface area contributed by atoms with Gasteiger partial charge in [0.2, 0.25) is 0 Å². The van der Waals surface area contributed by atoms with E-state index in [9.17, 15) is 0 Å². The summed E-state index contributed by atoms with van der Waals surface area (Å²) in [6.45, 7) is 9.53. The molecule has 2 saturated heterocycles. The van der Waals surface area contributed by atoms with Crippen molar-refractivity contribution in [2.75, 3.05) is 52.7 Å². The molecule has 0 aromatic rings. The van der Waals surface area contributed by atoms with Crippen LogP contribution < -0.4 is 0 Å². The van der Waals surface area contributed by atoms with Crippen molar-refractivity contribution in [1.82, 2.24) is 9.80 Å². The Labute approximate surface area is 144 Å². The Morgan fingerprint density at radius 3 is 1.35 bits per heavy atom. The van der Waals surface area contributed by atoms with E-state index in [0.717, 1.165) is 24.2 Å². The van der Waals surface area contributed by atoms with Crippen LogP contribution in [0, 0.1) is 11.8 Å². The molecule has 2 fully saturated rings. The van der Waals surface area contributed by atoms with Gasteiger partial charge in [-0.05, 0) is 63.7 Å². The highest BCUT2D eigenvalue weighted by atomic mass is 28.4. The molecule has 0 spiro atoms. The van der Waals surface area contributed by atoms with Crippen LogP contribution in [-0.2, 0) is 8.85 Å². The monoisotopic (exact) mass is 342 g/mol. The topological polar surface area (TPSA) is 24.9 Å². The zero-order chi connectivity index (χ0) is 16.7. The van der Waals surface area contributed by atoms with Crippen molar-refractivity contribution in [3.05, 3.63) is 0 Å². The van der Waals surface area contributed by atoms with E-state index >= 15 is 0 Å². The molecule has 0 unspecified atom stereocenters. The molecule has 0 aliphatic carbocycles. The van der Waals surface area contributed by atoms with Gasteiger partial charge in [0, 0.05) is 26.6 Å². The van der Waals surface area contributed by atoms with Gasteiger partial charge < -0.3 is 18.7 Å². The first-order valence-corrected chi connectivity index (χ1v) is 11.9. The summed E-state index contributed by atoms with van der Waals surface area (Å²) in [5, 5.41) is 0. The second-order valence-corrected chi connectivity index (χ2v) is 10.8. The molecule has 0 saturated carbocycles. The van der Waals surface area contributed by atoms with Crippen LogP contribution in [-0.4, -0.2) is 71.1 Å². The summed E-state index contributed by atoms with van der Waals surface area (Å²) in [6, 6.07) is 0. The third-order valence-corrected chi connectivity index (χ3v) is 9.59. The average Bonchev–Trinajstić information content (AvgIpc) is 2.62. The molecule has 2 heterocycles. The second-order valence-electron chi connectivity index (χ2n) is 7.57. The van der Waals surface area contributed by atoms with Gasteiger partial charge in [-0.25, -0.2) is 0 Å². The van der Waals surface area contributed by atoms with Crippen molar-refractivity contribution in [1.29, 1.82) is 0 Å². The molecule has 5 heteroatoms. The molecule has 2 aliphatic heterocycles. The number of rotatable bonds is 8. The normalized spacial score (nSPS) is 23.5. The van der Waals surface area contributed by atoms with E-state index in [1.807, 2.05) is 14.2 Å². The molecule has 2 aliphatic rings. The van der Waals surface area contributed by atoms with Crippen LogP contribution in [0.3, 0.4) is 0 Å². The van der Waals surface area contributed by atoms with Gasteiger partial charge >= 0.3 is 8.56 Å². The maximum atomic E-state index is 6.03. The average molecular weight is 343 g/mol. The fourth-order valence-electron chi connectivity index (χ4n) is 4.18. The lowest BCUT2D eigenvalue weighted by molar-refractivity contribution is 0.137. The van der Waals surface area contributed by atoms with Gasteiger partial charge in [-0.3, -0.25) is 0 Å². The zero-order valence-electron chi connectivity index (χ0n) is 15.9. The minimum atomic E-state index is -2.13. The maximum Gasteiger partial charge on any atom is 0.366 e. The van der Waals surface area contributed by atoms with Gasteiger partial charge in [0.05, 0.1) is 0 Å². The third-order valence-electron chi connectivity index (χ3n) is 6.24. The Morgan fingerprint density at radius 2 is 1.09 bits per heavy atom. The first-order chi connectivity index (χ1) is 11.1. The Bertz CT molecular complexity index is 295. The van der Waals surface area contributed by atoms with Crippen LogP contribution in [0.4, 0.5) is 0 Å². The molecule has 0 amide bonds. The van der Waals surface area contributed by atoms with Gasteiger partial charge in [0.25, 0.3) is 0 Å². The summed E-state index contributed by atoms with van der Waals surface area (Å²) >= 11 is 0. The summed E-state index contributed by atoms with van der Waals surface area (Å²) < 4.78 is 12.1. The maximum absolute atomic E-state index is 6.03. The van der Waals surface area contributed by atoms with Gasteiger partial charge in [0.15, 0.2) is 0 Å². The predicted molar refractivity (Wildman–Crippen MR) is 98.7 cm³/mol. The van der Waals surface area contributed by atoms with Crippen molar-refractivity contribution in [2.24, 2.45) is 11.8 Å². The summed E-state index contributed by atoms with van der Waals surface area (Å²) in [4.78, 5) is 5.20. The van der Waals surface area contributed by atoms with Gasteiger partial charge in [0.1, 0.15) is 0 Å². The Kier molecular flexibility index (Phi) is 8.02. The van der Waals surface area contributed by atoms with Crippen LogP contribution in [0.2, 0.25) is 0 Å². The first kappa shape index (κ1) is 19.4. The van der Waals surface area contributed by atoms with E-state index in [1.54, 1.807) is 0 Å². The van der Waals surface area contributed by atoms with E-state index in [1.165, 1.54) is 64.7 Å². The number of likely N-dealkylation sites (tertiary alicyclic amines) is 2. The number of hydrogen-bond acceptors (Lipinski definition) is 4.